The van der Waals surface area contributed by atoms with Crippen molar-refractivity contribution in [1.82, 2.24) is 4.98 Å². The summed E-state index contributed by atoms with van der Waals surface area (Å²) in [6.07, 6.45) is 2.27. The molecule has 0 unspecified atom stereocenters. The Morgan fingerprint density at radius 3 is 2.62 bits per heavy atom. The van der Waals surface area contributed by atoms with Gasteiger partial charge in [0.15, 0.2) is 16.7 Å². The van der Waals surface area contributed by atoms with Crippen LogP contribution in [0.4, 0.5) is 0 Å². The van der Waals surface area contributed by atoms with Crippen molar-refractivity contribution in [2.45, 2.75) is 18.4 Å². The standard InChI is InChI=1S/C14H16N4OS2/c1-9(15)21-13-12(18-8-19-13)11-4-2-10(3-5-11)6-7-20-14(16)17/h2-5,8,15H,6-7H2,1H3,(H3,16,17). The summed E-state index contributed by atoms with van der Waals surface area (Å²) < 4.78 is 5.32. The number of hydrogen-bond donors (Lipinski definition) is 3. The van der Waals surface area contributed by atoms with Crippen LogP contribution in [0.25, 0.3) is 11.3 Å². The Balaban J connectivity index is 2.07. The average Bonchev–Trinajstić information content (AvgIpc) is 2.86. The van der Waals surface area contributed by atoms with E-state index in [1.54, 1.807) is 6.92 Å². The monoisotopic (exact) mass is 320 g/mol. The van der Waals surface area contributed by atoms with Gasteiger partial charge >= 0.3 is 0 Å². The fourth-order valence-electron chi connectivity index (χ4n) is 1.75. The van der Waals surface area contributed by atoms with E-state index < -0.39 is 0 Å². The number of rotatable bonds is 5. The molecular formula is C14H16N4OS2. The van der Waals surface area contributed by atoms with Gasteiger partial charge in [0, 0.05) is 11.3 Å². The highest BCUT2D eigenvalue weighted by Crippen LogP contribution is 2.31. The van der Waals surface area contributed by atoms with Crippen LogP contribution in [0.3, 0.4) is 0 Å². The first-order chi connectivity index (χ1) is 10.1. The van der Waals surface area contributed by atoms with Crippen LogP contribution >= 0.6 is 23.5 Å². The van der Waals surface area contributed by atoms with E-state index in [9.17, 15) is 0 Å². The molecule has 0 saturated heterocycles. The minimum Gasteiger partial charge on any atom is -0.436 e. The summed E-state index contributed by atoms with van der Waals surface area (Å²) >= 11 is 2.61. The minimum absolute atomic E-state index is 0.151. The number of oxazole rings is 1. The maximum atomic E-state index is 7.52. The summed E-state index contributed by atoms with van der Waals surface area (Å²) in [5, 5.41) is 15.9. The van der Waals surface area contributed by atoms with Gasteiger partial charge in [-0.25, -0.2) is 4.98 Å². The van der Waals surface area contributed by atoms with E-state index in [4.69, 9.17) is 21.0 Å². The van der Waals surface area contributed by atoms with Gasteiger partial charge in [0.25, 0.3) is 0 Å². The fraction of sp³-hybridized carbons (Fsp3) is 0.214. The highest BCUT2D eigenvalue weighted by atomic mass is 32.2. The lowest BCUT2D eigenvalue weighted by atomic mass is 10.1. The third kappa shape index (κ3) is 4.64. The second-order valence-corrected chi connectivity index (χ2v) is 6.63. The van der Waals surface area contributed by atoms with Crippen molar-refractivity contribution in [3.8, 4) is 11.3 Å². The molecule has 0 aliphatic carbocycles. The molecule has 0 aliphatic heterocycles. The van der Waals surface area contributed by atoms with E-state index in [0.717, 1.165) is 23.4 Å². The third-order valence-corrected chi connectivity index (χ3v) is 4.16. The smallest absolute Gasteiger partial charge is 0.194 e. The first-order valence-electron chi connectivity index (χ1n) is 6.29. The van der Waals surface area contributed by atoms with Gasteiger partial charge in [-0.15, -0.1) is 0 Å². The SMILES string of the molecule is CC(=N)Sc1ocnc1-c1ccc(CCSC(=N)N)cc1. The van der Waals surface area contributed by atoms with E-state index in [2.05, 4.69) is 4.98 Å². The summed E-state index contributed by atoms with van der Waals surface area (Å²) in [4.78, 5) is 4.22. The van der Waals surface area contributed by atoms with Gasteiger partial charge in [-0.3, -0.25) is 10.8 Å². The van der Waals surface area contributed by atoms with Gasteiger partial charge in [0.2, 0.25) is 0 Å². The van der Waals surface area contributed by atoms with Crippen LogP contribution in [0.2, 0.25) is 0 Å². The zero-order chi connectivity index (χ0) is 15.2. The van der Waals surface area contributed by atoms with Crippen molar-refractivity contribution >= 4 is 33.7 Å². The Labute approximate surface area is 131 Å². The molecule has 110 valence electrons. The first-order valence-corrected chi connectivity index (χ1v) is 8.09. The van der Waals surface area contributed by atoms with E-state index in [-0.39, 0.29) is 5.17 Å². The lowest BCUT2D eigenvalue weighted by Gasteiger charge is -2.03. The van der Waals surface area contributed by atoms with Crippen LogP contribution in [-0.4, -0.2) is 20.9 Å². The van der Waals surface area contributed by atoms with Crippen LogP contribution in [0.5, 0.6) is 0 Å². The number of benzene rings is 1. The molecule has 0 saturated carbocycles. The van der Waals surface area contributed by atoms with Crippen LogP contribution in [0.15, 0.2) is 40.2 Å². The zero-order valence-electron chi connectivity index (χ0n) is 11.6. The van der Waals surface area contributed by atoms with Crippen molar-refractivity contribution < 1.29 is 4.42 Å². The molecule has 0 spiro atoms. The minimum atomic E-state index is 0.151. The highest BCUT2D eigenvalue weighted by molar-refractivity contribution is 8.13. The van der Waals surface area contributed by atoms with Gasteiger partial charge in [0.05, 0.1) is 5.04 Å². The van der Waals surface area contributed by atoms with Crippen molar-refractivity contribution in [1.29, 1.82) is 10.8 Å². The van der Waals surface area contributed by atoms with Gasteiger partial charge in [-0.05, 0) is 30.7 Å². The Morgan fingerprint density at radius 1 is 1.29 bits per heavy atom. The number of aryl methyl sites for hydroxylation is 1. The Hall–Kier alpha value is -1.73. The topological polar surface area (TPSA) is 99.8 Å². The number of thioether (sulfide) groups is 2. The Bertz CT molecular complexity index is 637. The quantitative estimate of drug-likeness (QED) is 0.444. The molecule has 21 heavy (non-hydrogen) atoms. The normalized spacial score (nSPS) is 10.5. The molecule has 0 radical (unpaired) electrons. The largest absolute Gasteiger partial charge is 0.436 e. The third-order valence-electron chi connectivity index (χ3n) is 2.66. The molecule has 4 N–H and O–H groups in total. The van der Waals surface area contributed by atoms with Crippen LogP contribution in [0, 0.1) is 10.8 Å². The second kappa shape index (κ2) is 7.33. The van der Waals surface area contributed by atoms with Crippen molar-refractivity contribution in [3.05, 3.63) is 36.2 Å². The molecular weight excluding hydrogens is 304 g/mol. The predicted molar refractivity (Wildman–Crippen MR) is 89.3 cm³/mol. The van der Waals surface area contributed by atoms with Crippen molar-refractivity contribution in [2.24, 2.45) is 5.73 Å². The molecule has 2 aromatic rings. The maximum absolute atomic E-state index is 7.52. The van der Waals surface area contributed by atoms with Gasteiger partial charge in [-0.2, -0.15) is 0 Å². The zero-order valence-corrected chi connectivity index (χ0v) is 13.2. The molecule has 7 heteroatoms. The molecule has 1 aromatic carbocycles. The second-order valence-electron chi connectivity index (χ2n) is 4.31. The summed E-state index contributed by atoms with van der Waals surface area (Å²) in [6, 6.07) is 8.07. The average molecular weight is 320 g/mol. The molecule has 0 atom stereocenters. The molecule has 1 heterocycles. The Kier molecular flexibility index (Phi) is 5.46. The lowest BCUT2D eigenvalue weighted by molar-refractivity contribution is 0.472. The number of aromatic nitrogens is 1. The Morgan fingerprint density at radius 2 is 2.00 bits per heavy atom. The molecule has 0 bridgehead atoms. The number of nitrogens with zero attached hydrogens (tertiary/aromatic N) is 1. The van der Waals surface area contributed by atoms with Crippen LogP contribution in [-0.2, 0) is 6.42 Å². The van der Waals surface area contributed by atoms with Crippen molar-refractivity contribution in [3.63, 3.8) is 0 Å². The maximum Gasteiger partial charge on any atom is 0.194 e. The van der Waals surface area contributed by atoms with Crippen LogP contribution in [0.1, 0.15) is 12.5 Å². The summed E-state index contributed by atoms with van der Waals surface area (Å²) in [5.74, 6) is 0.798. The number of nitrogens with one attached hydrogen (secondary N) is 2. The van der Waals surface area contributed by atoms with Gasteiger partial charge < -0.3 is 10.2 Å². The van der Waals surface area contributed by atoms with E-state index in [0.29, 0.717) is 10.1 Å². The number of nitrogens with two attached hydrogens (primary N) is 1. The number of amidine groups is 1. The molecule has 2 rings (SSSR count). The summed E-state index contributed by atoms with van der Waals surface area (Å²) in [5.41, 5.74) is 8.23. The van der Waals surface area contributed by atoms with E-state index >= 15 is 0 Å². The summed E-state index contributed by atoms with van der Waals surface area (Å²) in [7, 11) is 0. The highest BCUT2D eigenvalue weighted by Gasteiger charge is 2.12. The molecule has 0 amide bonds. The number of hydrogen-bond acceptors (Lipinski definition) is 6. The van der Waals surface area contributed by atoms with E-state index in [1.807, 2.05) is 24.3 Å². The molecule has 0 aliphatic rings. The van der Waals surface area contributed by atoms with Crippen LogP contribution < -0.4 is 5.73 Å². The van der Waals surface area contributed by atoms with Gasteiger partial charge in [-0.1, -0.05) is 36.0 Å². The van der Waals surface area contributed by atoms with E-state index in [1.165, 1.54) is 35.5 Å². The fourth-order valence-corrected chi connectivity index (χ4v) is 2.94. The lowest BCUT2D eigenvalue weighted by Crippen LogP contribution is -2.05. The van der Waals surface area contributed by atoms with Crippen molar-refractivity contribution in [2.75, 3.05) is 5.75 Å². The first kappa shape index (κ1) is 15.7. The summed E-state index contributed by atoms with van der Waals surface area (Å²) in [6.45, 7) is 1.72. The molecule has 5 nitrogen and oxygen atoms in total. The predicted octanol–water partition coefficient (Wildman–Crippen LogP) is 3.60. The van der Waals surface area contributed by atoms with Gasteiger partial charge in [0.1, 0.15) is 5.69 Å². The molecule has 1 aromatic heterocycles. The molecule has 0 fully saturated rings.